The topological polar surface area (TPSA) is 128 Å². The van der Waals surface area contributed by atoms with E-state index in [1.807, 2.05) is 0 Å². The number of nitrogens with one attached hydrogen (secondary N) is 2. The molecule has 0 atom stereocenters. The van der Waals surface area contributed by atoms with E-state index >= 15 is 0 Å². The first-order valence-electron chi connectivity index (χ1n) is 6.98. The molecule has 0 saturated heterocycles. The molecule has 2 amide bonds. The SMILES string of the molecule is COc1ncnc(OC)c1Sc1nc(NC(C)=O)cc(NC(C)=O)n1. The van der Waals surface area contributed by atoms with Gasteiger partial charge in [0.25, 0.3) is 0 Å². The van der Waals surface area contributed by atoms with Crippen LogP contribution in [-0.4, -0.2) is 46.0 Å². The standard InChI is InChI=1S/C14H16N6O4S/c1-7(21)17-9-5-10(18-8(2)22)20-14(19-9)25-11-12(23-3)15-6-16-13(11)24-4/h5-6H,1-4H3,(H2,17,18,19,20,21,22). The summed E-state index contributed by atoms with van der Waals surface area (Å²) in [5.74, 6) is 0.438. The highest BCUT2D eigenvalue weighted by Crippen LogP contribution is 2.38. The van der Waals surface area contributed by atoms with Gasteiger partial charge in [0.2, 0.25) is 23.6 Å². The van der Waals surface area contributed by atoms with E-state index in [1.165, 1.54) is 40.5 Å². The maximum absolute atomic E-state index is 11.3. The summed E-state index contributed by atoms with van der Waals surface area (Å²) in [5.41, 5.74) is 0. The zero-order valence-corrected chi connectivity index (χ0v) is 14.8. The van der Waals surface area contributed by atoms with Gasteiger partial charge in [0.1, 0.15) is 22.9 Å². The van der Waals surface area contributed by atoms with Gasteiger partial charge in [0.15, 0.2) is 5.16 Å². The highest BCUT2D eigenvalue weighted by atomic mass is 32.2. The Labute approximate surface area is 147 Å². The summed E-state index contributed by atoms with van der Waals surface area (Å²) in [6.07, 6.45) is 1.30. The first-order chi connectivity index (χ1) is 11.9. The van der Waals surface area contributed by atoms with Gasteiger partial charge in [0, 0.05) is 19.9 Å². The Morgan fingerprint density at radius 2 is 1.44 bits per heavy atom. The number of hydrogen-bond donors (Lipinski definition) is 2. The molecule has 132 valence electrons. The van der Waals surface area contributed by atoms with E-state index in [-0.39, 0.29) is 40.4 Å². The fourth-order valence-corrected chi connectivity index (χ4v) is 2.69. The highest BCUT2D eigenvalue weighted by Gasteiger charge is 2.17. The van der Waals surface area contributed by atoms with Crippen LogP contribution in [0.2, 0.25) is 0 Å². The van der Waals surface area contributed by atoms with Crippen molar-refractivity contribution in [3.8, 4) is 11.8 Å². The molecule has 0 aliphatic heterocycles. The molecule has 0 fully saturated rings. The van der Waals surface area contributed by atoms with Crippen LogP contribution in [0.1, 0.15) is 13.8 Å². The van der Waals surface area contributed by atoms with Gasteiger partial charge >= 0.3 is 0 Å². The van der Waals surface area contributed by atoms with E-state index in [0.29, 0.717) is 4.90 Å². The molecule has 25 heavy (non-hydrogen) atoms. The van der Waals surface area contributed by atoms with E-state index in [4.69, 9.17) is 9.47 Å². The number of amides is 2. The Balaban J connectivity index is 2.44. The first kappa shape index (κ1) is 18.4. The molecule has 10 nitrogen and oxygen atoms in total. The first-order valence-corrected chi connectivity index (χ1v) is 7.79. The van der Waals surface area contributed by atoms with Gasteiger partial charge in [-0.05, 0) is 11.8 Å². The van der Waals surface area contributed by atoms with E-state index in [2.05, 4.69) is 30.6 Å². The van der Waals surface area contributed by atoms with Crippen molar-refractivity contribution in [2.45, 2.75) is 23.9 Å². The van der Waals surface area contributed by atoms with Crippen molar-refractivity contribution in [1.29, 1.82) is 0 Å². The molecule has 0 unspecified atom stereocenters. The fraction of sp³-hybridized carbons (Fsp3) is 0.286. The fourth-order valence-electron chi connectivity index (χ4n) is 1.77. The van der Waals surface area contributed by atoms with Crippen molar-refractivity contribution in [3.63, 3.8) is 0 Å². The molecule has 0 saturated carbocycles. The van der Waals surface area contributed by atoms with Crippen LogP contribution >= 0.6 is 11.8 Å². The third-order valence-corrected chi connectivity index (χ3v) is 3.55. The number of anilines is 2. The van der Waals surface area contributed by atoms with E-state index < -0.39 is 0 Å². The molecule has 2 rings (SSSR count). The van der Waals surface area contributed by atoms with Gasteiger partial charge in [-0.3, -0.25) is 9.59 Å². The van der Waals surface area contributed by atoms with Crippen LogP contribution in [0.15, 0.2) is 22.4 Å². The molecule has 2 heterocycles. The Hall–Kier alpha value is -2.95. The molecule has 0 bridgehead atoms. The van der Waals surface area contributed by atoms with Crippen molar-refractivity contribution < 1.29 is 19.1 Å². The van der Waals surface area contributed by atoms with Crippen molar-refractivity contribution in [3.05, 3.63) is 12.4 Å². The molecule has 2 aromatic heterocycles. The minimum atomic E-state index is -0.304. The quantitative estimate of drug-likeness (QED) is 0.730. The van der Waals surface area contributed by atoms with Crippen LogP contribution in [0.4, 0.5) is 11.6 Å². The van der Waals surface area contributed by atoms with E-state index in [1.54, 1.807) is 0 Å². The predicted molar refractivity (Wildman–Crippen MR) is 89.9 cm³/mol. The summed E-state index contributed by atoms with van der Waals surface area (Å²) in [6.45, 7) is 2.70. The minimum Gasteiger partial charge on any atom is -0.480 e. The Morgan fingerprint density at radius 1 is 0.960 bits per heavy atom. The summed E-state index contributed by atoms with van der Waals surface area (Å²) in [4.78, 5) is 39.5. The summed E-state index contributed by atoms with van der Waals surface area (Å²) >= 11 is 1.07. The predicted octanol–water partition coefficient (Wildman–Crippen LogP) is 1.35. The number of aromatic nitrogens is 4. The molecule has 0 aromatic carbocycles. The Morgan fingerprint density at radius 3 is 1.84 bits per heavy atom. The van der Waals surface area contributed by atoms with Gasteiger partial charge in [0.05, 0.1) is 14.2 Å². The number of carbonyl (C=O) groups is 2. The molecule has 0 aliphatic carbocycles. The Bertz CT molecular complexity index is 744. The molecular formula is C14H16N6O4S. The maximum Gasteiger partial charge on any atom is 0.234 e. The molecule has 0 radical (unpaired) electrons. The smallest absolute Gasteiger partial charge is 0.234 e. The average Bonchev–Trinajstić information content (AvgIpc) is 2.53. The molecule has 2 aromatic rings. The summed E-state index contributed by atoms with van der Waals surface area (Å²) in [6, 6.07) is 1.45. The summed E-state index contributed by atoms with van der Waals surface area (Å²) in [5, 5.41) is 5.34. The maximum atomic E-state index is 11.3. The second-order valence-electron chi connectivity index (χ2n) is 4.61. The molecule has 2 N–H and O–H groups in total. The van der Waals surface area contributed by atoms with Crippen LogP contribution in [-0.2, 0) is 9.59 Å². The van der Waals surface area contributed by atoms with Crippen LogP contribution < -0.4 is 20.1 Å². The number of ether oxygens (including phenoxy) is 2. The number of nitrogens with zero attached hydrogens (tertiary/aromatic N) is 4. The number of hydrogen-bond acceptors (Lipinski definition) is 9. The lowest BCUT2D eigenvalue weighted by Crippen LogP contribution is -2.12. The monoisotopic (exact) mass is 364 g/mol. The van der Waals surface area contributed by atoms with Crippen LogP contribution in [0.3, 0.4) is 0 Å². The molecular weight excluding hydrogens is 348 g/mol. The van der Waals surface area contributed by atoms with Crippen molar-refractivity contribution in [2.75, 3.05) is 24.9 Å². The number of carbonyl (C=O) groups excluding carboxylic acids is 2. The van der Waals surface area contributed by atoms with Gasteiger partial charge in [-0.15, -0.1) is 0 Å². The van der Waals surface area contributed by atoms with Gasteiger partial charge in [-0.2, -0.15) is 0 Å². The van der Waals surface area contributed by atoms with Gasteiger partial charge < -0.3 is 20.1 Å². The zero-order valence-electron chi connectivity index (χ0n) is 14.0. The van der Waals surface area contributed by atoms with Gasteiger partial charge in [-0.1, -0.05) is 0 Å². The number of rotatable bonds is 6. The number of methoxy groups -OCH3 is 2. The van der Waals surface area contributed by atoms with Crippen LogP contribution in [0.25, 0.3) is 0 Å². The minimum absolute atomic E-state index is 0.237. The molecule has 0 aliphatic rings. The second-order valence-corrected chi connectivity index (χ2v) is 5.58. The van der Waals surface area contributed by atoms with Crippen molar-refractivity contribution in [1.82, 2.24) is 19.9 Å². The third-order valence-electron chi connectivity index (χ3n) is 2.63. The zero-order chi connectivity index (χ0) is 18.4. The van der Waals surface area contributed by atoms with E-state index in [9.17, 15) is 9.59 Å². The third kappa shape index (κ3) is 5.01. The lowest BCUT2D eigenvalue weighted by atomic mass is 10.5. The van der Waals surface area contributed by atoms with E-state index in [0.717, 1.165) is 11.8 Å². The average molecular weight is 364 g/mol. The summed E-state index contributed by atoms with van der Waals surface area (Å²) < 4.78 is 10.4. The van der Waals surface area contributed by atoms with Crippen LogP contribution in [0.5, 0.6) is 11.8 Å². The summed E-state index contributed by atoms with van der Waals surface area (Å²) in [7, 11) is 2.92. The Kier molecular flexibility index (Phi) is 6.06. The lowest BCUT2D eigenvalue weighted by Gasteiger charge is -2.11. The van der Waals surface area contributed by atoms with Crippen molar-refractivity contribution >= 4 is 35.2 Å². The lowest BCUT2D eigenvalue weighted by molar-refractivity contribution is -0.115. The van der Waals surface area contributed by atoms with Crippen LogP contribution in [0, 0.1) is 0 Å². The largest absolute Gasteiger partial charge is 0.480 e. The molecule has 0 spiro atoms. The second kappa shape index (κ2) is 8.24. The highest BCUT2D eigenvalue weighted by molar-refractivity contribution is 7.99. The van der Waals surface area contributed by atoms with Crippen molar-refractivity contribution in [2.24, 2.45) is 0 Å². The normalized spacial score (nSPS) is 10.1. The molecule has 11 heteroatoms. The van der Waals surface area contributed by atoms with Gasteiger partial charge in [-0.25, -0.2) is 19.9 Å².